The summed E-state index contributed by atoms with van der Waals surface area (Å²) in [4.78, 5) is 45.7. The molecule has 3 aromatic carbocycles. The van der Waals surface area contributed by atoms with Crippen LogP contribution in [0.15, 0.2) is 60.7 Å². The molecule has 2 N–H and O–H groups in total. The number of ketones is 1. The molecule has 2 fully saturated rings. The van der Waals surface area contributed by atoms with Gasteiger partial charge in [0.05, 0.1) is 18.7 Å². The van der Waals surface area contributed by atoms with E-state index >= 15 is 0 Å². The monoisotopic (exact) mass is 527 g/mol. The Kier molecular flexibility index (Phi) is 4.88. The third kappa shape index (κ3) is 2.56. The van der Waals surface area contributed by atoms with Crippen LogP contribution >= 0.6 is 11.6 Å². The minimum Gasteiger partial charge on any atom is -0.497 e. The Morgan fingerprint density at radius 1 is 1.00 bits per heavy atom. The number of halogens is 1. The second-order valence-electron chi connectivity index (χ2n) is 10.5. The Morgan fingerprint density at radius 2 is 1.76 bits per heavy atom. The quantitative estimate of drug-likeness (QED) is 0.483. The van der Waals surface area contributed by atoms with Crippen molar-refractivity contribution in [1.82, 2.24) is 4.90 Å². The number of para-hydroxylation sites is 1. The molecule has 4 atom stereocenters. The van der Waals surface area contributed by atoms with Crippen molar-refractivity contribution in [3.05, 3.63) is 87.9 Å². The highest BCUT2D eigenvalue weighted by molar-refractivity contribution is 6.32. The SMILES string of the molecule is COc1ccc(C(=O)C2C3CCCN3C3(C(=O)Nc4c3ccc(Cl)c4C)C23C(=O)Nc2ccccc23)cc1. The Hall–Kier alpha value is -3.68. The Morgan fingerprint density at radius 3 is 2.53 bits per heavy atom. The number of nitrogens with one attached hydrogen (secondary N) is 2. The summed E-state index contributed by atoms with van der Waals surface area (Å²) < 4.78 is 5.30. The van der Waals surface area contributed by atoms with Crippen molar-refractivity contribution >= 4 is 40.6 Å². The fourth-order valence-electron chi connectivity index (χ4n) is 7.70. The maximum atomic E-state index is 14.6. The minimum atomic E-state index is -1.47. The van der Waals surface area contributed by atoms with Crippen LogP contribution in [0.3, 0.4) is 0 Å². The van der Waals surface area contributed by atoms with E-state index in [-0.39, 0.29) is 23.6 Å². The number of nitrogens with zero attached hydrogens (tertiary/aromatic N) is 1. The van der Waals surface area contributed by atoms with Gasteiger partial charge in [-0.25, -0.2) is 0 Å². The molecule has 2 amide bonds. The van der Waals surface area contributed by atoms with Crippen molar-refractivity contribution in [2.24, 2.45) is 5.92 Å². The fourth-order valence-corrected chi connectivity index (χ4v) is 7.86. The number of hydrogen-bond donors (Lipinski definition) is 2. The highest BCUT2D eigenvalue weighted by Gasteiger charge is 2.81. The summed E-state index contributed by atoms with van der Waals surface area (Å²) in [6.07, 6.45) is 1.54. The van der Waals surface area contributed by atoms with Crippen LogP contribution < -0.4 is 15.4 Å². The molecule has 8 heteroatoms. The summed E-state index contributed by atoms with van der Waals surface area (Å²) in [7, 11) is 1.58. The van der Waals surface area contributed by atoms with Crippen LogP contribution in [0.1, 0.15) is 39.9 Å². The van der Waals surface area contributed by atoms with Gasteiger partial charge in [0, 0.05) is 27.9 Å². The zero-order valence-corrected chi connectivity index (χ0v) is 21.8. The predicted molar refractivity (Wildman–Crippen MR) is 144 cm³/mol. The Bertz CT molecular complexity index is 1550. The first-order chi connectivity index (χ1) is 18.4. The molecule has 0 aromatic heterocycles. The third-order valence-corrected chi connectivity index (χ3v) is 9.53. The molecule has 7 nitrogen and oxygen atoms in total. The molecule has 38 heavy (non-hydrogen) atoms. The smallest absolute Gasteiger partial charge is 0.251 e. The van der Waals surface area contributed by atoms with Gasteiger partial charge in [-0.15, -0.1) is 0 Å². The highest BCUT2D eigenvalue weighted by Crippen LogP contribution is 2.68. The third-order valence-electron chi connectivity index (χ3n) is 9.12. The van der Waals surface area contributed by atoms with E-state index in [0.717, 1.165) is 12.0 Å². The Labute approximate surface area is 225 Å². The number of anilines is 2. The lowest BCUT2D eigenvalue weighted by atomic mass is 9.57. The number of Topliss-reactive ketones (excluding diaryl/α,β-unsaturated/α-hetero) is 1. The summed E-state index contributed by atoms with van der Waals surface area (Å²) in [5.74, 6) is -0.908. The first kappa shape index (κ1) is 23.4. The number of hydrogen-bond acceptors (Lipinski definition) is 5. The van der Waals surface area contributed by atoms with Crippen LogP contribution in [0.4, 0.5) is 11.4 Å². The number of fused-ring (bicyclic) bond motifs is 7. The van der Waals surface area contributed by atoms with Crippen molar-refractivity contribution in [3.8, 4) is 5.75 Å². The number of carbonyl (C=O) groups excluding carboxylic acids is 3. The molecule has 0 aliphatic carbocycles. The van der Waals surface area contributed by atoms with Gasteiger partial charge in [-0.05, 0) is 73.8 Å². The number of carbonyl (C=O) groups is 3. The summed E-state index contributed by atoms with van der Waals surface area (Å²) in [5.41, 5.74) is 1.01. The van der Waals surface area contributed by atoms with Crippen molar-refractivity contribution in [2.75, 3.05) is 24.3 Å². The molecule has 2 spiro atoms. The summed E-state index contributed by atoms with van der Waals surface area (Å²) in [6, 6.07) is 17.8. The lowest BCUT2D eigenvalue weighted by Gasteiger charge is -2.43. The van der Waals surface area contributed by atoms with Crippen molar-refractivity contribution in [2.45, 2.75) is 36.8 Å². The molecular weight excluding hydrogens is 502 g/mol. The first-order valence-corrected chi connectivity index (χ1v) is 13.2. The molecule has 2 saturated heterocycles. The average molecular weight is 528 g/mol. The molecule has 7 rings (SSSR count). The molecule has 4 aliphatic heterocycles. The van der Waals surface area contributed by atoms with Crippen molar-refractivity contribution in [3.63, 3.8) is 0 Å². The number of amides is 2. The van der Waals surface area contributed by atoms with Gasteiger partial charge >= 0.3 is 0 Å². The van der Waals surface area contributed by atoms with Gasteiger partial charge in [0.1, 0.15) is 16.7 Å². The van der Waals surface area contributed by atoms with Gasteiger partial charge in [-0.2, -0.15) is 0 Å². The van der Waals surface area contributed by atoms with Crippen LogP contribution in [0, 0.1) is 12.8 Å². The maximum absolute atomic E-state index is 14.6. The van der Waals surface area contributed by atoms with Crippen LogP contribution in [0.2, 0.25) is 5.02 Å². The van der Waals surface area contributed by atoms with Crippen LogP contribution in [-0.4, -0.2) is 42.2 Å². The Balaban J connectivity index is 1.57. The van der Waals surface area contributed by atoms with Gasteiger partial charge in [0.15, 0.2) is 5.78 Å². The first-order valence-electron chi connectivity index (χ1n) is 12.8. The average Bonchev–Trinajstić information content (AvgIpc) is 3.65. The lowest BCUT2D eigenvalue weighted by molar-refractivity contribution is -0.137. The maximum Gasteiger partial charge on any atom is 0.251 e. The molecule has 0 radical (unpaired) electrons. The largest absolute Gasteiger partial charge is 0.497 e. The summed E-state index contributed by atoms with van der Waals surface area (Å²) in [5, 5.41) is 6.69. The molecule has 4 aliphatic rings. The molecule has 192 valence electrons. The molecule has 3 aromatic rings. The standard InChI is InChI=1S/C30H26ClN3O4/c1-16-21(31)14-13-20-25(16)33-28(37)30(20)29(19-6-3-4-7-22(19)32-27(29)36)24(23-8-5-15-34(23)30)26(35)17-9-11-18(38-2)12-10-17/h3-4,6-7,9-14,23-24H,5,8,15H2,1-2H3,(H,32,36)(H,33,37). The molecular formula is C30H26ClN3O4. The number of rotatable bonds is 3. The lowest BCUT2D eigenvalue weighted by Crippen LogP contribution is -2.62. The summed E-state index contributed by atoms with van der Waals surface area (Å²) >= 11 is 6.48. The predicted octanol–water partition coefficient (Wildman–Crippen LogP) is 4.67. The molecule has 4 heterocycles. The van der Waals surface area contributed by atoms with E-state index in [1.807, 2.05) is 37.3 Å². The van der Waals surface area contributed by atoms with Gasteiger partial charge in [-0.1, -0.05) is 35.9 Å². The molecule has 4 unspecified atom stereocenters. The van der Waals surface area contributed by atoms with E-state index in [2.05, 4.69) is 15.5 Å². The van der Waals surface area contributed by atoms with Crippen molar-refractivity contribution < 1.29 is 19.1 Å². The zero-order valence-electron chi connectivity index (χ0n) is 21.0. The normalized spacial score (nSPS) is 28.8. The van der Waals surface area contributed by atoms with Gasteiger partial charge < -0.3 is 15.4 Å². The van der Waals surface area contributed by atoms with E-state index in [1.165, 1.54) is 0 Å². The van der Waals surface area contributed by atoms with Crippen LogP contribution in [-0.2, 0) is 20.5 Å². The zero-order chi connectivity index (χ0) is 26.4. The minimum absolute atomic E-state index is 0.153. The second kappa shape index (κ2) is 7.91. The number of methoxy groups -OCH3 is 1. The number of benzene rings is 3. The van der Waals surface area contributed by atoms with E-state index < -0.39 is 16.9 Å². The fraction of sp³-hybridized carbons (Fsp3) is 0.300. The summed E-state index contributed by atoms with van der Waals surface area (Å²) in [6.45, 7) is 2.47. The van der Waals surface area contributed by atoms with E-state index in [1.54, 1.807) is 37.4 Å². The van der Waals surface area contributed by atoms with E-state index in [9.17, 15) is 14.4 Å². The highest BCUT2D eigenvalue weighted by atomic mass is 35.5. The van der Waals surface area contributed by atoms with E-state index in [0.29, 0.717) is 51.8 Å². The second-order valence-corrected chi connectivity index (χ2v) is 10.9. The van der Waals surface area contributed by atoms with E-state index in [4.69, 9.17) is 16.3 Å². The van der Waals surface area contributed by atoms with Gasteiger partial charge in [0.2, 0.25) is 5.91 Å². The topological polar surface area (TPSA) is 87.7 Å². The molecule has 0 saturated carbocycles. The number of ether oxygens (including phenoxy) is 1. The van der Waals surface area contributed by atoms with Crippen LogP contribution in [0.25, 0.3) is 0 Å². The van der Waals surface area contributed by atoms with Gasteiger partial charge in [0.25, 0.3) is 5.91 Å². The van der Waals surface area contributed by atoms with Gasteiger partial charge in [-0.3, -0.25) is 19.3 Å². The van der Waals surface area contributed by atoms with Crippen LogP contribution in [0.5, 0.6) is 5.75 Å². The molecule has 0 bridgehead atoms. The van der Waals surface area contributed by atoms with Crippen molar-refractivity contribution in [1.29, 1.82) is 0 Å².